The van der Waals surface area contributed by atoms with Crippen molar-refractivity contribution in [2.24, 2.45) is 11.3 Å². The van der Waals surface area contributed by atoms with E-state index in [1.54, 1.807) is 12.4 Å². The molecular formula is C14H23N3O. The lowest BCUT2D eigenvalue weighted by Gasteiger charge is -2.25. The zero-order valence-electron chi connectivity index (χ0n) is 11.7. The molecule has 1 amide bonds. The third-order valence-corrected chi connectivity index (χ3v) is 2.85. The Balaban J connectivity index is 2.37. The number of carbonyl (C=O) groups excluding carboxylic acids is 1. The minimum Gasteiger partial charge on any atom is -0.355 e. The molecule has 0 aliphatic carbocycles. The summed E-state index contributed by atoms with van der Waals surface area (Å²) in [7, 11) is 0. The first kappa shape index (κ1) is 14.6. The van der Waals surface area contributed by atoms with Gasteiger partial charge < -0.3 is 5.32 Å². The second kappa shape index (κ2) is 6.47. The van der Waals surface area contributed by atoms with Crippen LogP contribution in [0.1, 0.15) is 39.7 Å². The molecule has 0 radical (unpaired) electrons. The SMILES string of the molecule is CC(C)CC(C)(C)C(=O)NCCc1cncnc1. The fourth-order valence-corrected chi connectivity index (χ4v) is 2.13. The molecule has 0 bridgehead atoms. The zero-order valence-corrected chi connectivity index (χ0v) is 11.7. The Morgan fingerprint density at radius 3 is 2.50 bits per heavy atom. The van der Waals surface area contributed by atoms with Crippen molar-refractivity contribution in [3.8, 4) is 0 Å². The topological polar surface area (TPSA) is 54.9 Å². The minimum atomic E-state index is -0.304. The van der Waals surface area contributed by atoms with E-state index in [1.807, 2.05) is 13.8 Å². The molecule has 1 rings (SSSR count). The summed E-state index contributed by atoms with van der Waals surface area (Å²) >= 11 is 0. The molecule has 1 aromatic rings. The molecule has 0 aliphatic heterocycles. The fourth-order valence-electron chi connectivity index (χ4n) is 2.13. The number of amides is 1. The lowest BCUT2D eigenvalue weighted by atomic mass is 9.83. The molecule has 0 aliphatic rings. The fraction of sp³-hybridized carbons (Fsp3) is 0.643. The molecular weight excluding hydrogens is 226 g/mol. The number of aromatic nitrogens is 2. The van der Waals surface area contributed by atoms with Crippen LogP contribution in [0, 0.1) is 11.3 Å². The van der Waals surface area contributed by atoms with Crippen LogP contribution in [0.3, 0.4) is 0 Å². The number of rotatable bonds is 6. The van der Waals surface area contributed by atoms with Gasteiger partial charge in [0.1, 0.15) is 6.33 Å². The molecule has 4 nitrogen and oxygen atoms in total. The first-order chi connectivity index (χ1) is 8.42. The monoisotopic (exact) mass is 249 g/mol. The summed E-state index contributed by atoms with van der Waals surface area (Å²) in [6, 6.07) is 0. The predicted octanol–water partition coefficient (Wildman–Crippen LogP) is 2.21. The normalized spacial score (nSPS) is 11.6. The van der Waals surface area contributed by atoms with Gasteiger partial charge in [0.2, 0.25) is 5.91 Å². The predicted molar refractivity (Wildman–Crippen MR) is 72.0 cm³/mol. The van der Waals surface area contributed by atoms with Gasteiger partial charge in [-0.2, -0.15) is 0 Å². The van der Waals surface area contributed by atoms with E-state index in [0.29, 0.717) is 12.5 Å². The van der Waals surface area contributed by atoms with Gasteiger partial charge in [-0.15, -0.1) is 0 Å². The highest BCUT2D eigenvalue weighted by Crippen LogP contribution is 2.25. The summed E-state index contributed by atoms with van der Waals surface area (Å²) in [6.07, 6.45) is 6.72. The van der Waals surface area contributed by atoms with E-state index in [4.69, 9.17) is 0 Å². The number of nitrogens with one attached hydrogen (secondary N) is 1. The van der Waals surface area contributed by atoms with Gasteiger partial charge >= 0.3 is 0 Å². The molecule has 1 aromatic heterocycles. The van der Waals surface area contributed by atoms with Gasteiger partial charge in [-0.3, -0.25) is 4.79 Å². The maximum Gasteiger partial charge on any atom is 0.225 e. The summed E-state index contributed by atoms with van der Waals surface area (Å²) in [6.45, 7) is 8.89. The van der Waals surface area contributed by atoms with Gasteiger partial charge in [0.05, 0.1) is 0 Å². The average molecular weight is 249 g/mol. The van der Waals surface area contributed by atoms with Crippen molar-refractivity contribution in [1.82, 2.24) is 15.3 Å². The van der Waals surface area contributed by atoms with Crippen molar-refractivity contribution in [1.29, 1.82) is 0 Å². The molecule has 0 atom stereocenters. The van der Waals surface area contributed by atoms with Gasteiger partial charge in [-0.05, 0) is 24.3 Å². The van der Waals surface area contributed by atoms with Crippen molar-refractivity contribution in [3.63, 3.8) is 0 Å². The standard InChI is InChI=1S/C14H23N3O/c1-11(2)7-14(3,4)13(18)17-6-5-12-8-15-10-16-9-12/h8-11H,5-7H2,1-4H3,(H,17,18). The molecule has 1 N–H and O–H groups in total. The van der Waals surface area contributed by atoms with Crippen molar-refractivity contribution in [3.05, 3.63) is 24.3 Å². The van der Waals surface area contributed by atoms with Crippen LogP contribution in [0.4, 0.5) is 0 Å². The first-order valence-corrected chi connectivity index (χ1v) is 6.44. The van der Waals surface area contributed by atoms with Gasteiger partial charge in [0, 0.05) is 24.4 Å². The van der Waals surface area contributed by atoms with Crippen LogP contribution in [-0.2, 0) is 11.2 Å². The summed E-state index contributed by atoms with van der Waals surface area (Å²) in [5.41, 5.74) is 0.737. The Bertz CT molecular complexity index is 374. The maximum absolute atomic E-state index is 12.0. The largest absolute Gasteiger partial charge is 0.355 e. The molecule has 0 aromatic carbocycles. The lowest BCUT2D eigenvalue weighted by molar-refractivity contribution is -0.130. The van der Waals surface area contributed by atoms with Crippen molar-refractivity contribution < 1.29 is 4.79 Å². The number of nitrogens with zero attached hydrogens (tertiary/aromatic N) is 2. The molecule has 1 heterocycles. The lowest BCUT2D eigenvalue weighted by Crippen LogP contribution is -2.38. The molecule has 0 fully saturated rings. The van der Waals surface area contributed by atoms with E-state index in [9.17, 15) is 4.79 Å². The molecule has 0 saturated carbocycles. The van der Waals surface area contributed by atoms with E-state index < -0.39 is 0 Å². The highest BCUT2D eigenvalue weighted by Gasteiger charge is 2.27. The second-order valence-electron chi connectivity index (χ2n) is 5.73. The van der Waals surface area contributed by atoms with Gasteiger partial charge in [-0.1, -0.05) is 27.7 Å². The van der Waals surface area contributed by atoms with Crippen LogP contribution in [0.2, 0.25) is 0 Å². The first-order valence-electron chi connectivity index (χ1n) is 6.44. The van der Waals surface area contributed by atoms with Gasteiger partial charge in [0.15, 0.2) is 0 Å². The third kappa shape index (κ3) is 4.82. The van der Waals surface area contributed by atoms with E-state index in [-0.39, 0.29) is 11.3 Å². The Morgan fingerprint density at radius 1 is 1.33 bits per heavy atom. The smallest absolute Gasteiger partial charge is 0.225 e. The summed E-state index contributed by atoms with van der Waals surface area (Å²) in [5.74, 6) is 0.640. The van der Waals surface area contributed by atoms with Gasteiger partial charge in [0.25, 0.3) is 0 Å². The molecule has 18 heavy (non-hydrogen) atoms. The van der Waals surface area contributed by atoms with Crippen molar-refractivity contribution in [2.75, 3.05) is 6.54 Å². The number of carbonyl (C=O) groups is 1. The van der Waals surface area contributed by atoms with Crippen LogP contribution in [0.25, 0.3) is 0 Å². The van der Waals surface area contributed by atoms with Crippen LogP contribution < -0.4 is 5.32 Å². The molecule has 0 saturated heterocycles. The Hall–Kier alpha value is -1.45. The van der Waals surface area contributed by atoms with Crippen LogP contribution in [0.5, 0.6) is 0 Å². The number of hydrogen-bond donors (Lipinski definition) is 1. The minimum absolute atomic E-state index is 0.119. The van der Waals surface area contributed by atoms with Crippen LogP contribution >= 0.6 is 0 Å². The highest BCUT2D eigenvalue weighted by atomic mass is 16.2. The van der Waals surface area contributed by atoms with Crippen LogP contribution in [0.15, 0.2) is 18.7 Å². The van der Waals surface area contributed by atoms with Crippen LogP contribution in [-0.4, -0.2) is 22.4 Å². The Labute approximate surface area is 109 Å². The highest BCUT2D eigenvalue weighted by molar-refractivity contribution is 5.81. The summed E-state index contributed by atoms with van der Waals surface area (Å²) in [4.78, 5) is 19.9. The van der Waals surface area contributed by atoms with E-state index in [0.717, 1.165) is 18.4 Å². The van der Waals surface area contributed by atoms with Gasteiger partial charge in [-0.25, -0.2) is 9.97 Å². The zero-order chi connectivity index (χ0) is 13.6. The second-order valence-corrected chi connectivity index (χ2v) is 5.73. The van der Waals surface area contributed by atoms with E-state index in [1.165, 1.54) is 6.33 Å². The maximum atomic E-state index is 12.0. The summed E-state index contributed by atoms with van der Waals surface area (Å²) in [5, 5.41) is 2.98. The summed E-state index contributed by atoms with van der Waals surface area (Å²) < 4.78 is 0. The van der Waals surface area contributed by atoms with E-state index in [2.05, 4.69) is 29.1 Å². The Kier molecular flexibility index (Phi) is 5.25. The average Bonchev–Trinajstić information content (AvgIpc) is 2.28. The van der Waals surface area contributed by atoms with E-state index >= 15 is 0 Å². The third-order valence-electron chi connectivity index (χ3n) is 2.85. The molecule has 100 valence electrons. The molecule has 4 heteroatoms. The molecule has 0 spiro atoms. The number of hydrogen-bond acceptors (Lipinski definition) is 3. The quantitative estimate of drug-likeness (QED) is 0.841. The van der Waals surface area contributed by atoms with Crippen molar-refractivity contribution in [2.45, 2.75) is 40.5 Å². The molecule has 0 unspecified atom stereocenters. The van der Waals surface area contributed by atoms with Crippen molar-refractivity contribution >= 4 is 5.91 Å². The Morgan fingerprint density at radius 2 is 1.94 bits per heavy atom.